The molecule has 2 amide bonds. The van der Waals surface area contributed by atoms with Crippen LogP contribution in [0.2, 0.25) is 0 Å². The van der Waals surface area contributed by atoms with Gasteiger partial charge in [0.2, 0.25) is 5.91 Å². The lowest BCUT2D eigenvalue weighted by molar-refractivity contribution is -0.214. The Balaban J connectivity index is 1.48. The summed E-state index contributed by atoms with van der Waals surface area (Å²) in [5.74, 6) is -2.99. The summed E-state index contributed by atoms with van der Waals surface area (Å²) < 4.78 is 36.7. The number of halogens is 1. The maximum Gasteiger partial charge on any atom is 0.414 e. The Morgan fingerprint density at radius 3 is 2.69 bits per heavy atom. The van der Waals surface area contributed by atoms with E-state index in [1.54, 1.807) is 17.0 Å². The van der Waals surface area contributed by atoms with E-state index in [4.69, 9.17) is 18.9 Å². The fourth-order valence-electron chi connectivity index (χ4n) is 4.36. The SMILES string of the molecule is COC(=O)C1CN(c2ccc(N3CC(CNC(C)=O)OC3=O)cc2F)CCC12OCCO2. The molecular weight excluding hydrogens is 425 g/mol. The van der Waals surface area contributed by atoms with Crippen molar-refractivity contribution < 1.29 is 37.7 Å². The zero-order valence-electron chi connectivity index (χ0n) is 18.0. The van der Waals surface area contributed by atoms with Crippen LogP contribution in [-0.2, 0) is 28.5 Å². The van der Waals surface area contributed by atoms with Crippen molar-refractivity contribution in [3.05, 3.63) is 24.0 Å². The van der Waals surface area contributed by atoms with Crippen molar-refractivity contribution in [3.63, 3.8) is 0 Å². The molecule has 1 N–H and O–H groups in total. The fourth-order valence-corrected chi connectivity index (χ4v) is 4.36. The number of piperidine rings is 1. The van der Waals surface area contributed by atoms with E-state index in [1.807, 2.05) is 0 Å². The number of nitrogens with one attached hydrogen (secondary N) is 1. The van der Waals surface area contributed by atoms with E-state index in [2.05, 4.69) is 5.32 Å². The van der Waals surface area contributed by atoms with E-state index < -0.39 is 35.7 Å². The van der Waals surface area contributed by atoms with Crippen LogP contribution in [0.5, 0.6) is 0 Å². The predicted octanol–water partition coefficient (Wildman–Crippen LogP) is 1.03. The maximum absolute atomic E-state index is 15.1. The molecule has 10 nitrogen and oxygen atoms in total. The van der Waals surface area contributed by atoms with Crippen molar-refractivity contribution in [3.8, 4) is 0 Å². The largest absolute Gasteiger partial charge is 0.469 e. The highest BCUT2D eigenvalue weighted by Crippen LogP contribution is 2.39. The highest BCUT2D eigenvalue weighted by atomic mass is 19.1. The van der Waals surface area contributed by atoms with Crippen LogP contribution in [0.1, 0.15) is 13.3 Å². The number of carbonyl (C=O) groups excluding carboxylic acids is 3. The first-order valence-electron chi connectivity index (χ1n) is 10.5. The summed E-state index contributed by atoms with van der Waals surface area (Å²) in [6.07, 6.45) is -0.731. The highest BCUT2D eigenvalue weighted by molar-refractivity contribution is 5.90. The van der Waals surface area contributed by atoms with Gasteiger partial charge in [0.05, 0.1) is 44.8 Å². The second kappa shape index (κ2) is 8.91. The van der Waals surface area contributed by atoms with Crippen LogP contribution in [0, 0.1) is 11.7 Å². The molecule has 3 aliphatic rings. The maximum atomic E-state index is 15.1. The molecule has 0 aromatic heterocycles. The number of hydrogen-bond donors (Lipinski definition) is 1. The summed E-state index contributed by atoms with van der Waals surface area (Å²) in [4.78, 5) is 38.7. The Labute approximate surface area is 184 Å². The average molecular weight is 451 g/mol. The topological polar surface area (TPSA) is 107 Å². The molecule has 0 bridgehead atoms. The number of hydrogen-bond acceptors (Lipinski definition) is 8. The smallest absolute Gasteiger partial charge is 0.414 e. The summed E-state index contributed by atoms with van der Waals surface area (Å²) in [5.41, 5.74) is 0.653. The molecule has 0 aliphatic carbocycles. The number of cyclic esters (lactones) is 1. The van der Waals surface area contributed by atoms with Gasteiger partial charge < -0.3 is 29.2 Å². The normalized spacial score (nSPS) is 24.5. The third-order valence-corrected chi connectivity index (χ3v) is 5.96. The molecule has 3 aliphatic heterocycles. The first kappa shape index (κ1) is 22.3. The van der Waals surface area contributed by atoms with Crippen molar-refractivity contribution in [2.45, 2.75) is 25.2 Å². The lowest BCUT2D eigenvalue weighted by Crippen LogP contribution is -2.56. The Bertz CT molecular complexity index is 905. The molecular formula is C21H26FN3O7. The van der Waals surface area contributed by atoms with Gasteiger partial charge in [-0.3, -0.25) is 14.5 Å². The van der Waals surface area contributed by atoms with Gasteiger partial charge in [-0.25, -0.2) is 9.18 Å². The van der Waals surface area contributed by atoms with Crippen molar-refractivity contribution in [1.82, 2.24) is 5.32 Å². The Kier molecular flexibility index (Phi) is 6.20. The minimum atomic E-state index is -1.04. The van der Waals surface area contributed by atoms with Crippen LogP contribution in [-0.4, -0.2) is 76.4 Å². The molecule has 2 atom stereocenters. The molecule has 3 heterocycles. The molecule has 32 heavy (non-hydrogen) atoms. The number of carbonyl (C=O) groups is 3. The fraction of sp³-hybridized carbons (Fsp3) is 0.571. The molecule has 174 valence electrons. The molecule has 1 aromatic carbocycles. The number of nitrogens with zero attached hydrogens (tertiary/aromatic N) is 2. The first-order valence-corrected chi connectivity index (χ1v) is 10.5. The number of ether oxygens (including phenoxy) is 4. The summed E-state index contributed by atoms with van der Waals surface area (Å²) in [5, 5.41) is 2.60. The van der Waals surface area contributed by atoms with Crippen molar-refractivity contribution >= 4 is 29.3 Å². The number of amides is 2. The second-order valence-electron chi connectivity index (χ2n) is 7.97. The average Bonchev–Trinajstić information content (AvgIpc) is 3.39. The van der Waals surface area contributed by atoms with E-state index in [1.165, 1.54) is 25.0 Å². The van der Waals surface area contributed by atoms with Crippen LogP contribution >= 0.6 is 0 Å². The molecule has 3 fully saturated rings. The molecule has 4 rings (SSSR count). The Morgan fingerprint density at radius 2 is 2.03 bits per heavy atom. The van der Waals surface area contributed by atoms with E-state index in [0.717, 1.165) is 0 Å². The molecule has 3 saturated heterocycles. The van der Waals surface area contributed by atoms with Gasteiger partial charge in [-0.15, -0.1) is 0 Å². The lowest BCUT2D eigenvalue weighted by Gasteiger charge is -2.43. The van der Waals surface area contributed by atoms with E-state index in [9.17, 15) is 14.4 Å². The molecule has 0 saturated carbocycles. The van der Waals surface area contributed by atoms with Crippen LogP contribution in [0.15, 0.2) is 18.2 Å². The summed E-state index contributed by atoms with van der Waals surface area (Å²) in [6.45, 7) is 3.15. The second-order valence-corrected chi connectivity index (χ2v) is 7.97. The van der Waals surface area contributed by atoms with Gasteiger partial charge in [0, 0.05) is 26.4 Å². The zero-order valence-corrected chi connectivity index (χ0v) is 18.0. The predicted molar refractivity (Wildman–Crippen MR) is 110 cm³/mol. The first-order chi connectivity index (χ1) is 15.3. The van der Waals surface area contributed by atoms with Gasteiger partial charge in [0.25, 0.3) is 0 Å². The van der Waals surface area contributed by atoms with Crippen molar-refractivity contribution in [1.29, 1.82) is 0 Å². The standard InChI is InChI=1S/C21H26FN3O7/c1-13(26)23-10-15-11-25(20(28)32-15)14-3-4-18(17(22)9-14)24-6-5-21(30-7-8-31-21)16(12-24)19(27)29-2/h3-4,9,15-16H,5-8,10-12H2,1-2H3,(H,23,26). The Morgan fingerprint density at radius 1 is 1.28 bits per heavy atom. The molecule has 2 unspecified atom stereocenters. The Hall–Kier alpha value is -2.92. The number of rotatable bonds is 5. The van der Waals surface area contributed by atoms with Gasteiger partial charge in [-0.05, 0) is 18.2 Å². The molecule has 1 aromatic rings. The van der Waals surface area contributed by atoms with E-state index in [-0.39, 0.29) is 25.5 Å². The molecule has 1 spiro atoms. The minimum Gasteiger partial charge on any atom is -0.469 e. The van der Waals surface area contributed by atoms with Gasteiger partial charge in [-0.1, -0.05) is 0 Å². The number of esters is 1. The quantitative estimate of drug-likeness (QED) is 0.662. The summed E-state index contributed by atoms with van der Waals surface area (Å²) in [6, 6.07) is 4.46. The molecule has 0 radical (unpaired) electrons. The number of benzene rings is 1. The monoisotopic (exact) mass is 451 g/mol. The van der Waals surface area contributed by atoms with Crippen molar-refractivity contribution in [2.75, 3.05) is 56.3 Å². The highest BCUT2D eigenvalue weighted by Gasteiger charge is 2.52. The third-order valence-electron chi connectivity index (χ3n) is 5.96. The molecule has 11 heteroatoms. The summed E-state index contributed by atoms with van der Waals surface area (Å²) >= 11 is 0. The van der Waals surface area contributed by atoms with Gasteiger partial charge in [0.15, 0.2) is 5.79 Å². The van der Waals surface area contributed by atoms with Crippen molar-refractivity contribution in [2.24, 2.45) is 5.92 Å². The van der Waals surface area contributed by atoms with Gasteiger partial charge >= 0.3 is 12.1 Å². The van der Waals surface area contributed by atoms with Crippen LogP contribution in [0.3, 0.4) is 0 Å². The number of anilines is 2. The van der Waals surface area contributed by atoms with E-state index >= 15 is 4.39 Å². The van der Waals surface area contributed by atoms with E-state index in [0.29, 0.717) is 37.6 Å². The summed E-state index contributed by atoms with van der Waals surface area (Å²) in [7, 11) is 1.30. The zero-order chi connectivity index (χ0) is 22.9. The van der Waals surface area contributed by atoms with Gasteiger partial charge in [-0.2, -0.15) is 0 Å². The van der Waals surface area contributed by atoms with Crippen LogP contribution < -0.4 is 15.1 Å². The third kappa shape index (κ3) is 4.22. The number of methoxy groups -OCH3 is 1. The minimum absolute atomic E-state index is 0.174. The van der Waals surface area contributed by atoms with Crippen LogP contribution in [0.25, 0.3) is 0 Å². The lowest BCUT2D eigenvalue weighted by atomic mass is 9.90. The van der Waals surface area contributed by atoms with Gasteiger partial charge in [0.1, 0.15) is 17.8 Å². The van der Waals surface area contributed by atoms with Crippen LogP contribution in [0.4, 0.5) is 20.6 Å².